The van der Waals surface area contributed by atoms with E-state index in [1.807, 2.05) is 0 Å². The van der Waals surface area contributed by atoms with Gasteiger partial charge in [0.15, 0.2) is 0 Å². The Morgan fingerprint density at radius 2 is 1.52 bits per heavy atom. The molecule has 0 unspecified atom stereocenters. The fourth-order valence-corrected chi connectivity index (χ4v) is 2.62. The van der Waals surface area contributed by atoms with Crippen molar-refractivity contribution >= 4 is 20.4 Å². The summed E-state index contributed by atoms with van der Waals surface area (Å²) in [5.74, 6) is -1.41. The predicted molar refractivity (Wildman–Crippen MR) is 81.7 cm³/mol. The molecule has 0 aromatic heterocycles. The number of ether oxygens (including phenoxy) is 4. The highest BCUT2D eigenvalue weighted by Crippen LogP contribution is 2.39. The van der Waals surface area contributed by atoms with Gasteiger partial charge in [-0.3, -0.25) is 4.57 Å². The number of hydrogen-bond acceptors (Lipinski definition) is 7. The average Bonchev–Trinajstić information content (AvgIpc) is 2.59. The van der Waals surface area contributed by atoms with E-state index in [9.17, 15) is 14.2 Å². The maximum atomic E-state index is 11.9. The van der Waals surface area contributed by atoms with Crippen LogP contribution in [0.4, 0.5) is 0 Å². The Balaban J connectivity index is 3.50. The van der Waals surface area contributed by atoms with Crippen molar-refractivity contribution in [2.24, 2.45) is 0 Å². The first kappa shape index (κ1) is 19.2. The number of esters is 2. The van der Waals surface area contributed by atoms with Crippen LogP contribution in [0.5, 0.6) is 0 Å². The van der Waals surface area contributed by atoms with Crippen molar-refractivity contribution in [3.05, 3.63) is 34.9 Å². The van der Waals surface area contributed by atoms with Crippen LogP contribution in [0.25, 0.3) is 0 Å². The molecule has 0 saturated carbocycles. The molecule has 0 bridgehead atoms. The maximum Gasteiger partial charge on any atom is 0.338 e. The standard InChI is InChI=1S/C15H19O7P/c1-5-21-15(23-18,22-6-2)10-7-8-11(13(16)19-3)12(9-10)14(17)20-4/h7-9H,5-6H2,1-4H3. The molecule has 0 saturated heterocycles. The average molecular weight is 342 g/mol. The van der Waals surface area contributed by atoms with Crippen molar-refractivity contribution in [3.8, 4) is 0 Å². The summed E-state index contributed by atoms with van der Waals surface area (Å²) in [6, 6.07) is 4.23. The number of rotatable bonds is 8. The van der Waals surface area contributed by atoms with Gasteiger partial charge in [-0.1, -0.05) is 6.07 Å². The Morgan fingerprint density at radius 3 is 1.96 bits per heavy atom. The second-order valence-electron chi connectivity index (χ2n) is 4.28. The molecule has 0 aliphatic heterocycles. The van der Waals surface area contributed by atoms with E-state index in [0.29, 0.717) is 5.56 Å². The number of carbonyl (C=O) groups excluding carboxylic acids is 2. The van der Waals surface area contributed by atoms with Crippen molar-refractivity contribution in [3.63, 3.8) is 0 Å². The summed E-state index contributed by atoms with van der Waals surface area (Å²) in [6.45, 7) is 3.93. The first-order valence-electron chi connectivity index (χ1n) is 6.93. The van der Waals surface area contributed by atoms with Crippen LogP contribution in [0.3, 0.4) is 0 Å². The van der Waals surface area contributed by atoms with Crippen LogP contribution in [0.2, 0.25) is 0 Å². The van der Waals surface area contributed by atoms with Gasteiger partial charge in [-0.05, 0) is 26.0 Å². The second kappa shape index (κ2) is 8.72. The van der Waals surface area contributed by atoms with E-state index < -0.39 is 25.9 Å². The smallest absolute Gasteiger partial charge is 0.338 e. The van der Waals surface area contributed by atoms with Crippen LogP contribution in [0.15, 0.2) is 18.2 Å². The van der Waals surface area contributed by atoms with E-state index in [1.54, 1.807) is 13.8 Å². The highest BCUT2D eigenvalue weighted by atomic mass is 31.1. The molecule has 0 radical (unpaired) electrons. The van der Waals surface area contributed by atoms with E-state index >= 15 is 0 Å². The van der Waals surface area contributed by atoms with Crippen LogP contribution in [-0.2, 0) is 29.0 Å². The zero-order valence-corrected chi connectivity index (χ0v) is 14.3. The third-order valence-corrected chi connectivity index (χ3v) is 3.75. The van der Waals surface area contributed by atoms with Crippen LogP contribution in [0, 0.1) is 0 Å². The highest BCUT2D eigenvalue weighted by Gasteiger charge is 2.37. The Labute approximate surface area is 136 Å². The van der Waals surface area contributed by atoms with Crippen molar-refractivity contribution in [2.45, 2.75) is 19.4 Å². The van der Waals surface area contributed by atoms with Gasteiger partial charge in [0.2, 0.25) is 8.46 Å². The summed E-state index contributed by atoms with van der Waals surface area (Å²) in [7, 11) is 1.97. The molecule has 0 amide bonds. The van der Waals surface area contributed by atoms with Crippen molar-refractivity contribution in [1.82, 2.24) is 0 Å². The van der Waals surface area contributed by atoms with Gasteiger partial charge < -0.3 is 18.9 Å². The number of benzene rings is 1. The van der Waals surface area contributed by atoms with Gasteiger partial charge in [-0.25, -0.2) is 9.59 Å². The monoisotopic (exact) mass is 342 g/mol. The number of carbonyl (C=O) groups is 2. The highest BCUT2D eigenvalue weighted by molar-refractivity contribution is 7.24. The minimum absolute atomic E-state index is 0.0238. The minimum Gasteiger partial charge on any atom is -0.465 e. The van der Waals surface area contributed by atoms with Gasteiger partial charge >= 0.3 is 11.9 Å². The largest absolute Gasteiger partial charge is 0.465 e. The fraction of sp³-hybridized carbons (Fsp3) is 0.467. The molecular formula is C15H19O7P. The van der Waals surface area contributed by atoms with Crippen molar-refractivity contribution in [2.75, 3.05) is 27.4 Å². The van der Waals surface area contributed by atoms with Gasteiger partial charge in [0.25, 0.3) is 5.53 Å². The lowest BCUT2D eigenvalue weighted by molar-refractivity contribution is -0.176. The molecule has 23 heavy (non-hydrogen) atoms. The molecule has 0 fully saturated rings. The van der Waals surface area contributed by atoms with Gasteiger partial charge in [0.05, 0.1) is 25.3 Å². The molecule has 8 heteroatoms. The second-order valence-corrected chi connectivity index (χ2v) is 5.05. The predicted octanol–water partition coefficient (Wildman–Crippen LogP) is 2.73. The first-order valence-corrected chi connectivity index (χ1v) is 7.74. The molecule has 0 N–H and O–H groups in total. The lowest BCUT2D eigenvalue weighted by atomic mass is 10.0. The third kappa shape index (κ3) is 4.13. The SMILES string of the molecule is CCOC(OCC)(P=O)c1ccc(C(=O)OC)c(C(=O)OC)c1. The molecule has 1 aromatic rings. The van der Waals surface area contributed by atoms with E-state index in [0.717, 1.165) is 0 Å². The topological polar surface area (TPSA) is 88.1 Å². The summed E-state index contributed by atoms with van der Waals surface area (Å²) < 4.78 is 32.0. The summed E-state index contributed by atoms with van der Waals surface area (Å²) in [5, 5.41) is 0. The van der Waals surface area contributed by atoms with Gasteiger partial charge in [-0.15, -0.1) is 0 Å². The summed E-state index contributed by atoms with van der Waals surface area (Å²) >= 11 is 0. The zero-order valence-electron chi connectivity index (χ0n) is 13.5. The Hall–Kier alpha value is -1.82. The maximum absolute atomic E-state index is 11.9. The van der Waals surface area contributed by atoms with Crippen molar-refractivity contribution in [1.29, 1.82) is 0 Å². The Morgan fingerprint density at radius 1 is 1.00 bits per heavy atom. The Kier molecular flexibility index (Phi) is 7.29. The van der Waals surface area contributed by atoms with Crippen molar-refractivity contribution < 1.29 is 33.1 Å². The normalized spacial score (nSPS) is 11.3. The molecule has 1 rings (SSSR count). The lowest BCUT2D eigenvalue weighted by Gasteiger charge is -2.27. The molecule has 0 spiro atoms. The molecule has 126 valence electrons. The summed E-state index contributed by atoms with van der Waals surface area (Å²) in [6.07, 6.45) is 0. The molecule has 0 aliphatic rings. The van der Waals surface area contributed by atoms with Gasteiger partial charge in [-0.2, -0.15) is 0 Å². The fourth-order valence-electron chi connectivity index (χ4n) is 2.01. The molecule has 7 nitrogen and oxygen atoms in total. The number of hydrogen-bond donors (Lipinski definition) is 0. The van der Waals surface area contributed by atoms with E-state index in [-0.39, 0.29) is 24.3 Å². The molecular weight excluding hydrogens is 323 g/mol. The van der Waals surface area contributed by atoms with Gasteiger partial charge in [0, 0.05) is 18.8 Å². The van der Waals surface area contributed by atoms with Crippen LogP contribution >= 0.6 is 8.46 Å². The summed E-state index contributed by atoms with van der Waals surface area (Å²) in [4.78, 5) is 23.7. The van der Waals surface area contributed by atoms with Gasteiger partial charge in [0.1, 0.15) is 0 Å². The first-order chi connectivity index (χ1) is 11.0. The van der Waals surface area contributed by atoms with E-state index in [1.165, 1.54) is 32.4 Å². The molecule has 0 aliphatic carbocycles. The van der Waals surface area contributed by atoms with E-state index in [4.69, 9.17) is 9.47 Å². The molecule has 0 atom stereocenters. The van der Waals surface area contributed by atoms with E-state index in [2.05, 4.69) is 9.47 Å². The number of methoxy groups -OCH3 is 2. The molecule has 0 heterocycles. The van der Waals surface area contributed by atoms with Crippen LogP contribution in [-0.4, -0.2) is 39.4 Å². The Bertz CT molecular complexity index is 579. The third-order valence-electron chi connectivity index (χ3n) is 3.00. The quantitative estimate of drug-likeness (QED) is 0.408. The summed E-state index contributed by atoms with van der Waals surface area (Å²) in [5.41, 5.74) is -1.22. The molecule has 1 aromatic carbocycles. The minimum atomic E-state index is -1.55. The lowest BCUT2D eigenvalue weighted by Crippen LogP contribution is -2.28. The van der Waals surface area contributed by atoms with Crippen LogP contribution in [0.1, 0.15) is 40.1 Å². The van der Waals surface area contributed by atoms with Crippen LogP contribution < -0.4 is 0 Å². The zero-order chi connectivity index (χ0) is 17.5.